The Labute approximate surface area is 176 Å². The van der Waals surface area contributed by atoms with E-state index >= 15 is 0 Å². The molecule has 0 bridgehead atoms. The Bertz CT molecular complexity index is 1370. The summed E-state index contributed by atoms with van der Waals surface area (Å²) in [5.41, 5.74) is 1.91. The highest BCUT2D eigenvalue weighted by atomic mass is 19.1. The molecular weight excluding hydrogens is 401 g/mol. The molecule has 5 rings (SSSR count). The molecule has 31 heavy (non-hydrogen) atoms. The van der Waals surface area contributed by atoms with Gasteiger partial charge >= 0.3 is 5.69 Å². The molecular formula is C21H24FN7O2. The van der Waals surface area contributed by atoms with Crippen LogP contribution in [-0.2, 0) is 13.6 Å². The minimum atomic E-state index is -0.472. The van der Waals surface area contributed by atoms with Gasteiger partial charge in [-0.2, -0.15) is 4.98 Å². The summed E-state index contributed by atoms with van der Waals surface area (Å²) in [4.78, 5) is 35.8. The number of imidazole rings is 2. The smallest absolute Gasteiger partial charge is 0.329 e. The first-order valence-corrected chi connectivity index (χ1v) is 10.3. The number of benzene rings is 1. The van der Waals surface area contributed by atoms with Crippen LogP contribution >= 0.6 is 0 Å². The summed E-state index contributed by atoms with van der Waals surface area (Å²) in [5, 5.41) is 0. The van der Waals surface area contributed by atoms with Gasteiger partial charge in [-0.15, -0.1) is 0 Å². The van der Waals surface area contributed by atoms with Gasteiger partial charge in [0.2, 0.25) is 5.78 Å². The van der Waals surface area contributed by atoms with E-state index < -0.39 is 11.2 Å². The Kier molecular flexibility index (Phi) is 4.66. The maximum Gasteiger partial charge on any atom is 0.329 e. The van der Waals surface area contributed by atoms with Crippen molar-refractivity contribution in [2.75, 3.05) is 37.6 Å². The lowest BCUT2D eigenvalue weighted by atomic mass is 10.2. The predicted octanol–water partition coefficient (Wildman–Crippen LogP) is 0.946. The monoisotopic (exact) mass is 425 g/mol. The van der Waals surface area contributed by atoms with Crippen LogP contribution in [0.3, 0.4) is 0 Å². The van der Waals surface area contributed by atoms with Crippen molar-refractivity contribution < 1.29 is 4.39 Å². The number of piperazine rings is 1. The van der Waals surface area contributed by atoms with Crippen molar-refractivity contribution in [3.05, 3.63) is 62.8 Å². The number of anilines is 1. The molecule has 0 spiro atoms. The first-order chi connectivity index (χ1) is 14.9. The highest BCUT2D eigenvalue weighted by Crippen LogP contribution is 2.18. The lowest BCUT2D eigenvalue weighted by Crippen LogP contribution is -2.47. The minimum Gasteiger partial charge on any atom is -0.369 e. The lowest BCUT2D eigenvalue weighted by molar-refractivity contribution is 0.248. The quantitative estimate of drug-likeness (QED) is 0.526. The van der Waals surface area contributed by atoms with Gasteiger partial charge in [0.25, 0.3) is 5.56 Å². The molecule has 1 aliphatic heterocycles. The molecule has 9 nitrogen and oxygen atoms in total. The van der Waals surface area contributed by atoms with Gasteiger partial charge < -0.3 is 9.47 Å². The third-order valence-electron chi connectivity index (χ3n) is 6.12. The molecule has 0 saturated carbocycles. The average Bonchev–Trinajstić information content (AvgIpc) is 3.27. The van der Waals surface area contributed by atoms with Crippen LogP contribution in [0.15, 0.2) is 40.1 Å². The van der Waals surface area contributed by atoms with Crippen molar-refractivity contribution in [3.63, 3.8) is 0 Å². The second kappa shape index (κ2) is 7.38. The van der Waals surface area contributed by atoms with E-state index in [1.807, 2.05) is 25.3 Å². The van der Waals surface area contributed by atoms with Crippen molar-refractivity contribution in [1.82, 2.24) is 28.4 Å². The van der Waals surface area contributed by atoms with Gasteiger partial charge in [0.15, 0.2) is 11.2 Å². The lowest BCUT2D eigenvalue weighted by Gasteiger charge is -2.36. The van der Waals surface area contributed by atoms with Crippen LogP contribution in [0.1, 0.15) is 5.69 Å². The molecule has 0 unspecified atom stereocenters. The van der Waals surface area contributed by atoms with E-state index in [-0.39, 0.29) is 5.82 Å². The summed E-state index contributed by atoms with van der Waals surface area (Å²) in [6.45, 7) is 7.17. The molecule has 1 aromatic carbocycles. The molecule has 1 aliphatic rings. The Morgan fingerprint density at radius 3 is 2.48 bits per heavy atom. The molecule has 4 aromatic rings. The zero-order chi connectivity index (χ0) is 21.7. The standard InChI is InChI=1S/C21H24FN7O2/c1-14-13-29-17-18(25(2)21(31)24-19(17)30)23-20(29)28(14)12-9-26-7-10-27(11-8-26)16-5-3-15(22)4-6-16/h3-6,13H,7-12H2,1-2H3,(H,24,30,31). The van der Waals surface area contributed by atoms with Crippen LogP contribution in [0.2, 0.25) is 0 Å². The first-order valence-electron chi connectivity index (χ1n) is 10.3. The van der Waals surface area contributed by atoms with Gasteiger partial charge in [-0.25, -0.2) is 9.18 Å². The summed E-state index contributed by atoms with van der Waals surface area (Å²) in [6, 6.07) is 6.64. The molecule has 4 heterocycles. The third kappa shape index (κ3) is 3.32. The van der Waals surface area contributed by atoms with Crippen LogP contribution < -0.4 is 16.1 Å². The maximum atomic E-state index is 13.2. The Hall–Kier alpha value is -3.40. The second-order valence-electron chi connectivity index (χ2n) is 8.00. The fourth-order valence-electron chi connectivity index (χ4n) is 4.32. The molecule has 0 atom stereocenters. The number of aromatic nitrogens is 5. The van der Waals surface area contributed by atoms with Gasteiger partial charge in [0.05, 0.1) is 0 Å². The topological polar surface area (TPSA) is 83.6 Å². The predicted molar refractivity (Wildman–Crippen MR) is 116 cm³/mol. The molecule has 1 fully saturated rings. The summed E-state index contributed by atoms with van der Waals surface area (Å²) in [5.74, 6) is 0.439. The summed E-state index contributed by atoms with van der Waals surface area (Å²) in [7, 11) is 1.60. The molecule has 0 radical (unpaired) electrons. The van der Waals surface area contributed by atoms with Gasteiger partial charge in [-0.3, -0.25) is 23.6 Å². The zero-order valence-electron chi connectivity index (χ0n) is 17.5. The SMILES string of the molecule is Cc1cn2c3c(=O)[nH]c(=O)n(C)c3nc2n1CCN1CCN(c2ccc(F)cc2)CC1. The number of nitrogens with one attached hydrogen (secondary N) is 1. The molecule has 162 valence electrons. The van der Waals surface area contributed by atoms with Crippen LogP contribution in [0.4, 0.5) is 10.1 Å². The number of hydrogen-bond donors (Lipinski definition) is 1. The normalized spacial score (nSPS) is 15.4. The summed E-state index contributed by atoms with van der Waals surface area (Å²) in [6.07, 6.45) is 1.89. The fraction of sp³-hybridized carbons (Fsp3) is 0.381. The van der Waals surface area contributed by atoms with Crippen LogP contribution in [0.25, 0.3) is 16.9 Å². The summed E-state index contributed by atoms with van der Waals surface area (Å²) < 4.78 is 18.4. The fourth-order valence-corrected chi connectivity index (χ4v) is 4.32. The molecule has 1 N–H and O–H groups in total. The number of halogens is 1. The van der Waals surface area contributed by atoms with E-state index in [1.165, 1.54) is 16.7 Å². The van der Waals surface area contributed by atoms with Gasteiger partial charge in [0, 0.05) is 63.9 Å². The van der Waals surface area contributed by atoms with Crippen molar-refractivity contribution in [2.45, 2.75) is 13.5 Å². The van der Waals surface area contributed by atoms with E-state index in [0.717, 1.165) is 50.6 Å². The van der Waals surface area contributed by atoms with Crippen LogP contribution in [0.5, 0.6) is 0 Å². The van der Waals surface area contributed by atoms with Crippen LogP contribution in [-0.4, -0.2) is 61.1 Å². The van der Waals surface area contributed by atoms with Gasteiger partial charge in [0.1, 0.15) is 5.82 Å². The number of aryl methyl sites for hydroxylation is 2. The van der Waals surface area contributed by atoms with Gasteiger partial charge in [-0.05, 0) is 31.2 Å². The molecule has 1 saturated heterocycles. The number of nitrogens with zero attached hydrogens (tertiary/aromatic N) is 6. The average molecular weight is 425 g/mol. The third-order valence-corrected chi connectivity index (χ3v) is 6.12. The molecule has 0 aliphatic carbocycles. The van der Waals surface area contributed by atoms with E-state index in [1.54, 1.807) is 11.4 Å². The van der Waals surface area contributed by atoms with Crippen molar-refractivity contribution in [3.8, 4) is 0 Å². The van der Waals surface area contributed by atoms with Crippen molar-refractivity contribution >= 4 is 22.6 Å². The Morgan fingerprint density at radius 2 is 1.77 bits per heavy atom. The summed E-state index contributed by atoms with van der Waals surface area (Å²) >= 11 is 0. The highest BCUT2D eigenvalue weighted by molar-refractivity contribution is 5.75. The Balaban J connectivity index is 1.33. The van der Waals surface area contributed by atoms with E-state index in [9.17, 15) is 14.0 Å². The Morgan fingerprint density at radius 1 is 1.06 bits per heavy atom. The second-order valence-corrected chi connectivity index (χ2v) is 8.00. The number of rotatable bonds is 4. The number of aromatic amines is 1. The number of H-pyrrole nitrogens is 1. The molecule has 3 aromatic heterocycles. The zero-order valence-corrected chi connectivity index (χ0v) is 17.5. The van der Waals surface area contributed by atoms with E-state index in [4.69, 9.17) is 0 Å². The molecule has 0 amide bonds. The van der Waals surface area contributed by atoms with Crippen molar-refractivity contribution in [1.29, 1.82) is 0 Å². The maximum absolute atomic E-state index is 13.2. The van der Waals surface area contributed by atoms with Crippen LogP contribution in [0, 0.1) is 12.7 Å². The number of fused-ring (bicyclic) bond motifs is 3. The van der Waals surface area contributed by atoms with Crippen molar-refractivity contribution in [2.24, 2.45) is 7.05 Å². The molecule has 10 heteroatoms. The van der Waals surface area contributed by atoms with E-state index in [2.05, 4.69) is 24.3 Å². The minimum absolute atomic E-state index is 0.218. The first kappa shape index (κ1) is 19.6. The van der Waals surface area contributed by atoms with Gasteiger partial charge in [-0.1, -0.05) is 0 Å². The largest absolute Gasteiger partial charge is 0.369 e. The van der Waals surface area contributed by atoms with E-state index in [0.29, 0.717) is 16.9 Å². The highest BCUT2D eigenvalue weighted by Gasteiger charge is 2.20. The number of hydrogen-bond acceptors (Lipinski definition) is 5.